The van der Waals surface area contributed by atoms with E-state index in [0.29, 0.717) is 11.6 Å². The van der Waals surface area contributed by atoms with Crippen molar-refractivity contribution >= 4 is 35.2 Å². The molecule has 1 fully saturated rings. The monoisotopic (exact) mass is 460 g/mol. The van der Waals surface area contributed by atoms with E-state index in [-0.39, 0.29) is 23.6 Å². The average Bonchev–Trinajstić information content (AvgIpc) is 3.29. The van der Waals surface area contributed by atoms with Gasteiger partial charge in [-0.3, -0.25) is 9.59 Å². The van der Waals surface area contributed by atoms with E-state index in [4.69, 9.17) is 16.3 Å². The fourth-order valence-corrected chi connectivity index (χ4v) is 4.61. The van der Waals surface area contributed by atoms with Crippen molar-refractivity contribution in [2.75, 3.05) is 12.9 Å². The Labute approximate surface area is 193 Å². The highest BCUT2D eigenvalue weighted by atomic mass is 35.5. The van der Waals surface area contributed by atoms with Crippen molar-refractivity contribution < 1.29 is 14.3 Å². The zero-order valence-corrected chi connectivity index (χ0v) is 19.5. The van der Waals surface area contributed by atoms with E-state index >= 15 is 0 Å². The maximum atomic E-state index is 13.2. The van der Waals surface area contributed by atoms with Crippen molar-refractivity contribution in [1.82, 2.24) is 10.2 Å². The van der Waals surface area contributed by atoms with Crippen LogP contribution in [0.4, 0.5) is 0 Å². The number of benzene rings is 2. The topological polar surface area (TPSA) is 58.6 Å². The molecule has 0 heterocycles. The Hall–Kier alpha value is -2.18. The third-order valence-electron chi connectivity index (χ3n) is 5.53. The molecule has 0 unspecified atom stereocenters. The molecule has 0 radical (unpaired) electrons. The molecule has 0 aliphatic heterocycles. The molecule has 1 aliphatic carbocycles. The molecule has 0 saturated heterocycles. The minimum Gasteiger partial charge on any atom is -0.497 e. The van der Waals surface area contributed by atoms with E-state index in [2.05, 4.69) is 5.32 Å². The van der Waals surface area contributed by atoms with Gasteiger partial charge in [-0.1, -0.05) is 36.6 Å². The Morgan fingerprint density at radius 1 is 1.19 bits per heavy atom. The van der Waals surface area contributed by atoms with E-state index in [1.165, 1.54) is 11.8 Å². The Morgan fingerprint density at radius 3 is 2.58 bits per heavy atom. The molecule has 5 nitrogen and oxygen atoms in total. The summed E-state index contributed by atoms with van der Waals surface area (Å²) in [6.45, 7) is 2.14. The first-order valence-electron chi connectivity index (χ1n) is 10.6. The van der Waals surface area contributed by atoms with Crippen molar-refractivity contribution in [1.29, 1.82) is 0 Å². The number of rotatable bonds is 9. The summed E-state index contributed by atoms with van der Waals surface area (Å²) in [7, 11) is 1.61. The van der Waals surface area contributed by atoms with Crippen LogP contribution in [0.3, 0.4) is 0 Å². The van der Waals surface area contributed by atoms with Gasteiger partial charge in [0, 0.05) is 22.5 Å². The van der Waals surface area contributed by atoms with Gasteiger partial charge < -0.3 is 15.0 Å². The van der Waals surface area contributed by atoms with E-state index in [1.807, 2.05) is 36.4 Å². The molecule has 1 atom stereocenters. The standard InChI is InChI=1S/C24H29ClN2O3S/c1-17(24(29)26-20-7-3-4-8-20)27(15-18-6-5-9-21(14-18)30-2)23(28)16-31-22-12-10-19(25)11-13-22/h5-6,9-14,17,20H,3-4,7-8,15-16H2,1-2H3,(H,26,29)/t17-/m1/s1. The summed E-state index contributed by atoms with van der Waals surface area (Å²) < 4.78 is 5.31. The first-order valence-corrected chi connectivity index (χ1v) is 11.9. The van der Waals surface area contributed by atoms with Crippen LogP contribution in [0.15, 0.2) is 53.4 Å². The van der Waals surface area contributed by atoms with E-state index < -0.39 is 6.04 Å². The number of thioether (sulfide) groups is 1. The average molecular weight is 461 g/mol. The van der Waals surface area contributed by atoms with Gasteiger partial charge in [0.15, 0.2) is 0 Å². The third kappa shape index (κ3) is 6.91. The van der Waals surface area contributed by atoms with Crippen molar-refractivity contribution in [3.8, 4) is 5.75 Å². The van der Waals surface area contributed by atoms with Crippen molar-refractivity contribution in [2.45, 2.75) is 56.1 Å². The number of carbonyl (C=O) groups excluding carboxylic acids is 2. The first-order chi connectivity index (χ1) is 15.0. The second kappa shape index (κ2) is 11.4. The van der Waals surface area contributed by atoms with Gasteiger partial charge in [-0.2, -0.15) is 0 Å². The molecule has 0 spiro atoms. The molecule has 31 heavy (non-hydrogen) atoms. The SMILES string of the molecule is COc1cccc(CN(C(=O)CSc2ccc(Cl)cc2)[C@H](C)C(=O)NC2CCCC2)c1. The summed E-state index contributed by atoms with van der Waals surface area (Å²) in [5.41, 5.74) is 0.921. The molecule has 0 bridgehead atoms. The molecule has 2 aromatic rings. The van der Waals surface area contributed by atoms with E-state index in [1.54, 1.807) is 31.1 Å². The lowest BCUT2D eigenvalue weighted by Crippen LogP contribution is -2.50. The van der Waals surface area contributed by atoms with Crippen LogP contribution in [0.2, 0.25) is 5.02 Å². The number of methoxy groups -OCH3 is 1. The van der Waals surface area contributed by atoms with Gasteiger partial charge in [0.2, 0.25) is 11.8 Å². The Balaban J connectivity index is 1.72. The van der Waals surface area contributed by atoms with Crippen LogP contribution in [0.25, 0.3) is 0 Å². The van der Waals surface area contributed by atoms with Crippen molar-refractivity contribution in [2.24, 2.45) is 0 Å². The highest BCUT2D eigenvalue weighted by Crippen LogP contribution is 2.23. The summed E-state index contributed by atoms with van der Waals surface area (Å²) >= 11 is 7.39. The largest absolute Gasteiger partial charge is 0.497 e. The smallest absolute Gasteiger partial charge is 0.242 e. The number of hydrogen-bond acceptors (Lipinski definition) is 4. The molecular formula is C24H29ClN2O3S. The molecule has 0 aromatic heterocycles. The number of ether oxygens (including phenoxy) is 1. The minimum atomic E-state index is -0.565. The molecule has 7 heteroatoms. The van der Waals surface area contributed by atoms with E-state index in [9.17, 15) is 9.59 Å². The van der Waals surface area contributed by atoms with Gasteiger partial charge in [0.05, 0.1) is 12.9 Å². The fourth-order valence-electron chi connectivity index (χ4n) is 3.70. The lowest BCUT2D eigenvalue weighted by Gasteiger charge is -2.29. The number of halogens is 1. The normalized spacial score (nSPS) is 14.8. The second-order valence-corrected chi connectivity index (χ2v) is 9.27. The minimum absolute atomic E-state index is 0.0863. The molecule has 2 amide bonds. The molecule has 1 saturated carbocycles. The zero-order chi connectivity index (χ0) is 22.2. The predicted molar refractivity (Wildman–Crippen MR) is 126 cm³/mol. The summed E-state index contributed by atoms with van der Waals surface area (Å²) in [5, 5.41) is 3.78. The van der Waals surface area contributed by atoms with Crippen LogP contribution in [0.1, 0.15) is 38.2 Å². The summed E-state index contributed by atoms with van der Waals surface area (Å²) in [4.78, 5) is 28.7. The Morgan fingerprint density at radius 2 is 1.90 bits per heavy atom. The number of hydrogen-bond donors (Lipinski definition) is 1. The van der Waals surface area contributed by atoms with Crippen molar-refractivity contribution in [3.63, 3.8) is 0 Å². The maximum Gasteiger partial charge on any atom is 0.242 e. The molecule has 1 N–H and O–H groups in total. The summed E-state index contributed by atoms with van der Waals surface area (Å²) in [6, 6.07) is 14.6. The molecular weight excluding hydrogens is 432 g/mol. The van der Waals surface area contributed by atoms with Gasteiger partial charge in [-0.25, -0.2) is 0 Å². The van der Waals surface area contributed by atoms with Gasteiger partial charge in [-0.15, -0.1) is 11.8 Å². The highest BCUT2D eigenvalue weighted by molar-refractivity contribution is 8.00. The number of carbonyl (C=O) groups is 2. The number of amides is 2. The number of nitrogens with zero attached hydrogens (tertiary/aromatic N) is 1. The Bertz CT molecular complexity index is 885. The van der Waals surface area contributed by atoms with Gasteiger partial charge in [0.25, 0.3) is 0 Å². The zero-order valence-electron chi connectivity index (χ0n) is 18.0. The molecule has 166 valence electrons. The van der Waals surface area contributed by atoms with Gasteiger partial charge in [0.1, 0.15) is 11.8 Å². The predicted octanol–water partition coefficient (Wildman–Crippen LogP) is 4.92. The lowest BCUT2D eigenvalue weighted by molar-refractivity contribution is -0.138. The first kappa shape index (κ1) is 23.5. The highest BCUT2D eigenvalue weighted by Gasteiger charge is 2.28. The third-order valence-corrected chi connectivity index (χ3v) is 6.78. The van der Waals surface area contributed by atoms with Crippen LogP contribution in [-0.2, 0) is 16.1 Å². The molecule has 2 aromatic carbocycles. The van der Waals surface area contributed by atoms with Gasteiger partial charge >= 0.3 is 0 Å². The van der Waals surface area contributed by atoms with Crippen LogP contribution >= 0.6 is 23.4 Å². The van der Waals surface area contributed by atoms with Crippen LogP contribution < -0.4 is 10.1 Å². The fraction of sp³-hybridized carbons (Fsp3) is 0.417. The van der Waals surface area contributed by atoms with Crippen LogP contribution in [0.5, 0.6) is 5.75 Å². The van der Waals surface area contributed by atoms with Gasteiger partial charge in [-0.05, 0) is 61.7 Å². The maximum absolute atomic E-state index is 13.2. The second-order valence-electron chi connectivity index (χ2n) is 7.78. The number of nitrogens with one attached hydrogen (secondary N) is 1. The summed E-state index contributed by atoms with van der Waals surface area (Å²) in [6.07, 6.45) is 4.30. The van der Waals surface area contributed by atoms with E-state index in [0.717, 1.165) is 41.9 Å². The molecule has 1 aliphatic rings. The van der Waals surface area contributed by atoms with Crippen LogP contribution in [0, 0.1) is 0 Å². The van der Waals surface area contributed by atoms with Crippen molar-refractivity contribution in [3.05, 3.63) is 59.1 Å². The quantitative estimate of drug-likeness (QED) is 0.540. The Kier molecular flexibility index (Phi) is 8.67. The lowest BCUT2D eigenvalue weighted by atomic mass is 10.1. The summed E-state index contributed by atoms with van der Waals surface area (Å²) in [5.74, 6) is 0.784. The van der Waals surface area contributed by atoms with Crippen LogP contribution in [-0.4, -0.2) is 41.7 Å². The molecule has 3 rings (SSSR count).